The van der Waals surface area contributed by atoms with Crippen molar-refractivity contribution in [3.8, 4) is 0 Å². The number of non-ortho nitro benzene ring substituents is 1. The molecular weight excluding hydrogens is 262 g/mol. The Bertz CT molecular complexity index is 521. The molecule has 0 heterocycles. The van der Waals surface area contributed by atoms with Crippen LogP contribution in [0.15, 0.2) is 24.3 Å². The van der Waals surface area contributed by atoms with Gasteiger partial charge in [0.15, 0.2) is 0 Å². The molecule has 0 unspecified atom stereocenters. The summed E-state index contributed by atoms with van der Waals surface area (Å²) in [6, 6.07) is 5.39. The van der Waals surface area contributed by atoms with Gasteiger partial charge in [-0.15, -0.1) is 0 Å². The average Bonchev–Trinajstić information content (AvgIpc) is 2.92. The highest BCUT2D eigenvalue weighted by Gasteiger charge is 2.21. The summed E-state index contributed by atoms with van der Waals surface area (Å²) in [5, 5.41) is 15.6. The Hall–Kier alpha value is -2.44. The molecule has 2 amide bonds. The maximum absolute atomic E-state index is 11.7. The zero-order chi connectivity index (χ0) is 14.5. The molecule has 1 fully saturated rings. The van der Waals surface area contributed by atoms with Crippen LogP contribution in [0.3, 0.4) is 0 Å². The zero-order valence-corrected chi connectivity index (χ0v) is 10.8. The molecule has 0 saturated heterocycles. The third kappa shape index (κ3) is 3.53. The molecule has 0 aromatic heterocycles. The Morgan fingerprint density at radius 3 is 2.25 bits per heavy atom. The van der Waals surface area contributed by atoms with E-state index in [2.05, 4.69) is 10.6 Å². The van der Waals surface area contributed by atoms with E-state index in [1.807, 2.05) is 0 Å². The van der Waals surface area contributed by atoms with Crippen molar-refractivity contribution in [2.75, 3.05) is 5.32 Å². The van der Waals surface area contributed by atoms with Crippen LogP contribution in [0.4, 0.5) is 11.4 Å². The minimum atomic E-state index is -0.759. The third-order valence-corrected chi connectivity index (χ3v) is 3.23. The van der Waals surface area contributed by atoms with Gasteiger partial charge in [0.1, 0.15) is 0 Å². The summed E-state index contributed by atoms with van der Waals surface area (Å²) in [6.45, 7) is 0. The molecule has 7 nitrogen and oxygen atoms in total. The molecular formula is C13H15N3O4. The highest BCUT2D eigenvalue weighted by molar-refractivity contribution is 6.39. The highest BCUT2D eigenvalue weighted by Crippen LogP contribution is 2.18. The Morgan fingerprint density at radius 2 is 1.70 bits per heavy atom. The van der Waals surface area contributed by atoms with E-state index in [0.29, 0.717) is 5.69 Å². The summed E-state index contributed by atoms with van der Waals surface area (Å²) in [7, 11) is 0. The number of carbonyl (C=O) groups excluding carboxylic acids is 2. The number of hydrogen-bond acceptors (Lipinski definition) is 4. The quantitative estimate of drug-likeness (QED) is 0.497. The minimum absolute atomic E-state index is 0.0709. The van der Waals surface area contributed by atoms with Crippen molar-refractivity contribution < 1.29 is 14.5 Å². The van der Waals surface area contributed by atoms with Gasteiger partial charge in [0.05, 0.1) is 4.92 Å². The molecule has 20 heavy (non-hydrogen) atoms. The Labute approximate surface area is 115 Å². The van der Waals surface area contributed by atoms with Crippen LogP contribution < -0.4 is 10.6 Å². The van der Waals surface area contributed by atoms with E-state index in [0.717, 1.165) is 25.7 Å². The van der Waals surface area contributed by atoms with Crippen LogP contribution in [0.2, 0.25) is 0 Å². The largest absolute Gasteiger partial charge is 0.345 e. The Balaban J connectivity index is 1.89. The molecule has 1 aliphatic rings. The number of rotatable bonds is 3. The Morgan fingerprint density at radius 1 is 1.10 bits per heavy atom. The van der Waals surface area contributed by atoms with Gasteiger partial charge in [0.25, 0.3) is 5.69 Å². The summed E-state index contributed by atoms with van der Waals surface area (Å²) in [5.41, 5.74) is 0.278. The number of anilines is 1. The summed E-state index contributed by atoms with van der Waals surface area (Å²) in [5.74, 6) is -1.43. The number of benzene rings is 1. The molecule has 0 atom stereocenters. The molecule has 0 spiro atoms. The summed E-state index contributed by atoms with van der Waals surface area (Å²) in [6.07, 6.45) is 3.93. The van der Waals surface area contributed by atoms with Crippen LogP contribution in [0.1, 0.15) is 25.7 Å². The lowest BCUT2D eigenvalue weighted by molar-refractivity contribution is -0.384. The number of nitrogens with zero attached hydrogens (tertiary/aromatic N) is 1. The molecule has 1 aromatic rings. The van der Waals surface area contributed by atoms with Crippen LogP contribution in [-0.4, -0.2) is 22.8 Å². The lowest BCUT2D eigenvalue weighted by Crippen LogP contribution is -2.40. The maximum atomic E-state index is 11.7. The first-order valence-electron chi connectivity index (χ1n) is 6.42. The maximum Gasteiger partial charge on any atom is 0.313 e. The van der Waals surface area contributed by atoms with Crippen molar-refractivity contribution in [1.29, 1.82) is 0 Å². The van der Waals surface area contributed by atoms with Crippen LogP contribution in [0, 0.1) is 10.1 Å². The van der Waals surface area contributed by atoms with Crippen LogP contribution in [0.5, 0.6) is 0 Å². The minimum Gasteiger partial charge on any atom is -0.345 e. The van der Waals surface area contributed by atoms with Gasteiger partial charge in [-0.25, -0.2) is 0 Å². The van der Waals surface area contributed by atoms with E-state index in [4.69, 9.17) is 0 Å². The van der Waals surface area contributed by atoms with Gasteiger partial charge in [-0.3, -0.25) is 19.7 Å². The SMILES string of the molecule is O=C(Nc1ccc([N+](=O)[O-])cc1)C(=O)NC1CCCC1. The monoisotopic (exact) mass is 277 g/mol. The van der Waals surface area contributed by atoms with E-state index in [1.165, 1.54) is 24.3 Å². The van der Waals surface area contributed by atoms with Crippen LogP contribution >= 0.6 is 0 Å². The zero-order valence-electron chi connectivity index (χ0n) is 10.8. The van der Waals surface area contributed by atoms with Gasteiger partial charge in [-0.05, 0) is 25.0 Å². The summed E-state index contributed by atoms with van der Waals surface area (Å²) in [4.78, 5) is 33.3. The van der Waals surface area contributed by atoms with Crippen molar-refractivity contribution >= 4 is 23.2 Å². The molecule has 7 heteroatoms. The highest BCUT2D eigenvalue weighted by atomic mass is 16.6. The number of carbonyl (C=O) groups is 2. The van der Waals surface area contributed by atoms with E-state index in [1.54, 1.807) is 0 Å². The first kappa shape index (κ1) is 14.0. The molecule has 2 N–H and O–H groups in total. The number of nitrogens with one attached hydrogen (secondary N) is 2. The van der Waals surface area contributed by atoms with E-state index >= 15 is 0 Å². The number of amides is 2. The fraction of sp³-hybridized carbons (Fsp3) is 0.385. The Kier molecular flexibility index (Phi) is 4.29. The standard InChI is InChI=1S/C13H15N3O4/c17-12(14-9-3-1-2-4-9)13(18)15-10-5-7-11(8-6-10)16(19)20/h5-9H,1-4H2,(H,14,17)(H,15,18). The number of nitro benzene ring substituents is 1. The van der Waals surface area contributed by atoms with Gasteiger partial charge in [-0.2, -0.15) is 0 Å². The smallest absolute Gasteiger partial charge is 0.313 e. The van der Waals surface area contributed by atoms with Crippen molar-refractivity contribution in [3.05, 3.63) is 34.4 Å². The lowest BCUT2D eigenvalue weighted by Gasteiger charge is -2.11. The molecule has 2 rings (SSSR count). The number of nitro groups is 1. The lowest BCUT2D eigenvalue weighted by atomic mass is 10.2. The summed E-state index contributed by atoms with van der Waals surface area (Å²) >= 11 is 0. The second kappa shape index (κ2) is 6.14. The van der Waals surface area contributed by atoms with Crippen molar-refractivity contribution in [2.45, 2.75) is 31.7 Å². The molecule has 0 aliphatic heterocycles. The van der Waals surface area contributed by atoms with Crippen LogP contribution in [0.25, 0.3) is 0 Å². The fourth-order valence-electron chi connectivity index (χ4n) is 2.18. The topological polar surface area (TPSA) is 101 Å². The summed E-state index contributed by atoms with van der Waals surface area (Å²) < 4.78 is 0. The molecule has 1 aromatic carbocycles. The normalized spacial score (nSPS) is 14.8. The predicted octanol–water partition coefficient (Wildman–Crippen LogP) is 1.59. The van der Waals surface area contributed by atoms with Gasteiger partial charge < -0.3 is 10.6 Å². The second-order valence-corrected chi connectivity index (χ2v) is 4.71. The predicted molar refractivity (Wildman–Crippen MR) is 72.1 cm³/mol. The third-order valence-electron chi connectivity index (χ3n) is 3.23. The van der Waals surface area contributed by atoms with Gasteiger partial charge in [-0.1, -0.05) is 12.8 Å². The number of hydrogen-bond donors (Lipinski definition) is 2. The first-order chi connectivity index (χ1) is 9.56. The van der Waals surface area contributed by atoms with Gasteiger partial charge in [0, 0.05) is 23.9 Å². The molecule has 0 bridgehead atoms. The molecule has 0 radical (unpaired) electrons. The van der Waals surface area contributed by atoms with Crippen molar-refractivity contribution in [2.24, 2.45) is 0 Å². The van der Waals surface area contributed by atoms with E-state index < -0.39 is 16.7 Å². The van der Waals surface area contributed by atoms with Crippen LogP contribution in [-0.2, 0) is 9.59 Å². The average molecular weight is 277 g/mol. The second-order valence-electron chi connectivity index (χ2n) is 4.71. The molecule has 1 saturated carbocycles. The molecule has 106 valence electrons. The van der Waals surface area contributed by atoms with E-state index in [9.17, 15) is 19.7 Å². The van der Waals surface area contributed by atoms with Gasteiger partial charge >= 0.3 is 11.8 Å². The fourth-order valence-corrected chi connectivity index (χ4v) is 2.18. The van der Waals surface area contributed by atoms with Crippen molar-refractivity contribution in [3.63, 3.8) is 0 Å². The first-order valence-corrected chi connectivity index (χ1v) is 6.42. The van der Waals surface area contributed by atoms with Crippen molar-refractivity contribution in [1.82, 2.24) is 5.32 Å². The van der Waals surface area contributed by atoms with Gasteiger partial charge in [0.2, 0.25) is 0 Å². The van der Waals surface area contributed by atoms with E-state index in [-0.39, 0.29) is 11.7 Å². The molecule has 1 aliphatic carbocycles.